The quantitative estimate of drug-likeness (QED) is 0.426. The smallest absolute Gasteiger partial charge is 0.191 e. The van der Waals surface area contributed by atoms with Crippen LogP contribution in [0.1, 0.15) is 18.3 Å². The first kappa shape index (κ1) is 21.3. The Hall–Kier alpha value is -2.97. The van der Waals surface area contributed by atoms with Gasteiger partial charge in [-0.3, -0.25) is 14.2 Å². The first-order chi connectivity index (χ1) is 15.3. The lowest BCUT2D eigenvalue weighted by Gasteiger charge is -2.34. The van der Waals surface area contributed by atoms with Gasteiger partial charge in [0.1, 0.15) is 6.54 Å². The average Bonchev–Trinajstić information content (AvgIpc) is 3.22. The zero-order valence-corrected chi connectivity index (χ0v) is 18.2. The van der Waals surface area contributed by atoms with Gasteiger partial charge >= 0.3 is 0 Å². The van der Waals surface area contributed by atoms with E-state index >= 15 is 0 Å². The van der Waals surface area contributed by atoms with E-state index in [0.717, 1.165) is 69.8 Å². The highest BCUT2D eigenvalue weighted by Gasteiger charge is 2.16. The molecule has 8 heteroatoms. The van der Waals surface area contributed by atoms with Crippen molar-refractivity contribution in [2.75, 3.05) is 45.8 Å². The molecule has 31 heavy (non-hydrogen) atoms. The van der Waals surface area contributed by atoms with Gasteiger partial charge in [-0.25, -0.2) is 4.99 Å². The number of nitrogens with zero attached hydrogens (tertiary/aromatic N) is 6. The van der Waals surface area contributed by atoms with Crippen LogP contribution in [0.5, 0.6) is 0 Å². The molecule has 8 nitrogen and oxygen atoms in total. The largest absolute Gasteiger partial charge is 0.357 e. The van der Waals surface area contributed by atoms with Gasteiger partial charge in [0.05, 0.1) is 0 Å². The third-order valence-electron chi connectivity index (χ3n) is 5.54. The molecule has 0 bridgehead atoms. The van der Waals surface area contributed by atoms with Crippen LogP contribution in [0.2, 0.25) is 0 Å². The van der Waals surface area contributed by atoms with E-state index < -0.39 is 0 Å². The summed E-state index contributed by atoms with van der Waals surface area (Å²) in [5.74, 6) is 1.65. The Morgan fingerprint density at radius 2 is 1.71 bits per heavy atom. The minimum Gasteiger partial charge on any atom is -0.357 e. The lowest BCUT2D eigenvalue weighted by molar-refractivity contribution is 0.129. The maximum absolute atomic E-state index is 4.69. The summed E-state index contributed by atoms with van der Waals surface area (Å²) >= 11 is 0. The van der Waals surface area contributed by atoms with Crippen LogP contribution in [-0.4, -0.2) is 76.2 Å². The summed E-state index contributed by atoms with van der Waals surface area (Å²) in [6.45, 7) is 10.7. The van der Waals surface area contributed by atoms with Crippen LogP contribution in [0.4, 0.5) is 0 Å². The summed E-state index contributed by atoms with van der Waals surface area (Å²) < 4.78 is 1.97. The van der Waals surface area contributed by atoms with Gasteiger partial charge in [-0.05, 0) is 24.6 Å². The highest BCUT2D eigenvalue weighted by molar-refractivity contribution is 5.79. The molecule has 3 aromatic rings. The standard InChI is InChI=1S/C23H32N8/c1-2-24-23(26-18-22-28-27-21-10-6-7-12-31(21)22)25-11-13-29-14-16-30(17-15-29)19-20-8-4-3-5-9-20/h3-10,12H,2,11,13-19H2,1H3,(H2,24,25,26). The van der Waals surface area contributed by atoms with Gasteiger partial charge < -0.3 is 10.6 Å². The molecule has 1 aliphatic rings. The van der Waals surface area contributed by atoms with Crippen molar-refractivity contribution < 1.29 is 0 Å². The number of hydrogen-bond donors (Lipinski definition) is 2. The topological polar surface area (TPSA) is 73.1 Å². The van der Waals surface area contributed by atoms with E-state index in [-0.39, 0.29) is 0 Å². The van der Waals surface area contributed by atoms with Gasteiger partial charge in [-0.1, -0.05) is 36.4 Å². The number of aliphatic imine (C=N–C) groups is 1. The normalized spacial score (nSPS) is 16.0. The van der Waals surface area contributed by atoms with E-state index in [1.807, 2.05) is 28.8 Å². The van der Waals surface area contributed by atoms with Crippen LogP contribution in [0.25, 0.3) is 5.65 Å². The van der Waals surface area contributed by atoms with E-state index in [1.165, 1.54) is 5.56 Å². The van der Waals surface area contributed by atoms with Gasteiger partial charge in [0, 0.05) is 58.6 Å². The lowest BCUT2D eigenvalue weighted by Crippen LogP contribution is -2.49. The summed E-state index contributed by atoms with van der Waals surface area (Å²) in [5.41, 5.74) is 2.24. The second kappa shape index (κ2) is 10.9. The van der Waals surface area contributed by atoms with Crippen molar-refractivity contribution in [2.45, 2.75) is 20.0 Å². The first-order valence-corrected chi connectivity index (χ1v) is 11.1. The molecular formula is C23H32N8. The molecule has 1 aliphatic heterocycles. The predicted octanol–water partition coefficient (Wildman–Crippen LogP) is 1.60. The summed E-state index contributed by atoms with van der Waals surface area (Å²) in [5, 5.41) is 15.2. The maximum atomic E-state index is 4.69. The minimum absolute atomic E-state index is 0.485. The SMILES string of the molecule is CCNC(=NCc1nnc2ccccn12)NCCN1CCN(Cc2ccccc2)CC1. The maximum Gasteiger partial charge on any atom is 0.191 e. The number of guanidine groups is 1. The van der Waals surface area contributed by atoms with Crippen molar-refractivity contribution in [3.63, 3.8) is 0 Å². The zero-order valence-electron chi connectivity index (χ0n) is 18.2. The van der Waals surface area contributed by atoms with E-state index in [4.69, 9.17) is 4.99 Å². The number of piperazine rings is 1. The highest BCUT2D eigenvalue weighted by Crippen LogP contribution is 2.08. The Morgan fingerprint density at radius 1 is 0.935 bits per heavy atom. The highest BCUT2D eigenvalue weighted by atomic mass is 15.3. The van der Waals surface area contributed by atoms with Gasteiger partial charge in [0.25, 0.3) is 0 Å². The summed E-state index contributed by atoms with van der Waals surface area (Å²) in [4.78, 5) is 9.75. The number of hydrogen-bond acceptors (Lipinski definition) is 5. The van der Waals surface area contributed by atoms with Gasteiger partial charge in [-0.2, -0.15) is 0 Å². The second-order valence-electron chi connectivity index (χ2n) is 7.77. The molecule has 164 valence electrons. The molecule has 2 N–H and O–H groups in total. The number of fused-ring (bicyclic) bond motifs is 1. The van der Waals surface area contributed by atoms with Gasteiger partial charge in [-0.15, -0.1) is 10.2 Å². The molecule has 1 aromatic carbocycles. The van der Waals surface area contributed by atoms with Crippen LogP contribution < -0.4 is 10.6 Å². The molecule has 0 aliphatic carbocycles. The number of rotatable bonds is 8. The molecular weight excluding hydrogens is 388 g/mol. The van der Waals surface area contributed by atoms with Crippen LogP contribution in [0.15, 0.2) is 59.7 Å². The second-order valence-corrected chi connectivity index (χ2v) is 7.77. The van der Waals surface area contributed by atoms with Crippen LogP contribution in [-0.2, 0) is 13.1 Å². The molecule has 0 spiro atoms. The van der Waals surface area contributed by atoms with Crippen molar-refractivity contribution in [2.24, 2.45) is 4.99 Å². The number of aromatic nitrogens is 3. The van der Waals surface area contributed by atoms with Crippen molar-refractivity contribution >= 4 is 11.6 Å². The molecule has 0 atom stereocenters. The molecule has 1 saturated heterocycles. The Labute approximate surface area is 184 Å². The fraction of sp³-hybridized carbons (Fsp3) is 0.435. The van der Waals surface area contributed by atoms with Crippen molar-refractivity contribution in [3.8, 4) is 0 Å². The first-order valence-electron chi connectivity index (χ1n) is 11.1. The number of pyridine rings is 1. The van der Waals surface area contributed by atoms with E-state index in [9.17, 15) is 0 Å². The Balaban J connectivity index is 1.21. The van der Waals surface area contributed by atoms with Crippen molar-refractivity contribution in [3.05, 3.63) is 66.1 Å². The molecule has 1 fully saturated rings. The average molecular weight is 421 g/mol. The molecule has 3 heterocycles. The van der Waals surface area contributed by atoms with Crippen LogP contribution >= 0.6 is 0 Å². The Kier molecular flexibility index (Phi) is 7.46. The number of nitrogens with one attached hydrogen (secondary N) is 2. The molecule has 0 saturated carbocycles. The van der Waals surface area contributed by atoms with Gasteiger partial charge in [0.2, 0.25) is 0 Å². The monoisotopic (exact) mass is 420 g/mol. The molecule has 0 radical (unpaired) electrons. The molecule has 0 unspecified atom stereocenters. The molecule has 2 aromatic heterocycles. The fourth-order valence-electron chi connectivity index (χ4n) is 3.84. The third kappa shape index (κ3) is 6.02. The molecule has 4 rings (SSSR count). The van der Waals surface area contributed by atoms with E-state index in [1.54, 1.807) is 0 Å². The summed E-state index contributed by atoms with van der Waals surface area (Å²) in [7, 11) is 0. The van der Waals surface area contributed by atoms with Crippen molar-refractivity contribution in [1.29, 1.82) is 0 Å². The minimum atomic E-state index is 0.485. The molecule has 0 amide bonds. The predicted molar refractivity (Wildman–Crippen MR) is 124 cm³/mol. The van der Waals surface area contributed by atoms with Gasteiger partial charge in [0.15, 0.2) is 17.4 Å². The van der Waals surface area contributed by atoms with Crippen LogP contribution in [0, 0.1) is 0 Å². The fourth-order valence-corrected chi connectivity index (χ4v) is 3.84. The van der Waals surface area contributed by atoms with E-state index in [0.29, 0.717) is 6.54 Å². The Morgan fingerprint density at radius 3 is 2.52 bits per heavy atom. The third-order valence-corrected chi connectivity index (χ3v) is 5.54. The summed E-state index contributed by atoms with van der Waals surface area (Å²) in [6.07, 6.45) is 1.97. The number of benzene rings is 1. The van der Waals surface area contributed by atoms with Crippen molar-refractivity contribution in [1.82, 2.24) is 35.0 Å². The van der Waals surface area contributed by atoms with Crippen LogP contribution in [0.3, 0.4) is 0 Å². The Bertz CT molecular complexity index is 960. The van der Waals surface area contributed by atoms with E-state index in [2.05, 4.69) is 67.9 Å². The zero-order chi connectivity index (χ0) is 21.3. The lowest BCUT2D eigenvalue weighted by atomic mass is 10.2. The summed E-state index contributed by atoms with van der Waals surface area (Å²) in [6, 6.07) is 16.6.